The number of fused-ring (bicyclic) bond motifs is 1. The van der Waals surface area contributed by atoms with E-state index in [9.17, 15) is 4.79 Å². The average molecular weight is 226 g/mol. The van der Waals surface area contributed by atoms with E-state index in [1.165, 1.54) is 0 Å². The summed E-state index contributed by atoms with van der Waals surface area (Å²) in [6.07, 6.45) is 0.264. The fraction of sp³-hybridized carbons (Fsp3) is 0.200. The summed E-state index contributed by atoms with van der Waals surface area (Å²) in [6, 6.07) is 5.62. The van der Waals surface area contributed by atoms with E-state index in [0.29, 0.717) is 12.4 Å². The zero-order chi connectivity index (χ0) is 10.1. The van der Waals surface area contributed by atoms with E-state index >= 15 is 0 Å². The molecule has 0 unspecified atom stereocenters. The predicted octanol–water partition coefficient (Wildman–Crippen LogP) is 0.565. The first-order valence-corrected chi connectivity index (χ1v) is 4.40. The standard InChI is InChI=1S/C10H11N3O.ClH/c11-9(14)4-6-1-2-8-7(3-6)5-13-10(8)12;/h1-3H,4-5H2,(H2,11,14)(H2,12,13);1H. The first-order chi connectivity index (χ1) is 6.66. The SMILES string of the molecule is Cl.N=C1NCc2cc(CC(N)=O)ccc21. The van der Waals surface area contributed by atoms with Gasteiger partial charge in [-0.3, -0.25) is 10.2 Å². The summed E-state index contributed by atoms with van der Waals surface area (Å²) in [5, 5.41) is 10.5. The molecule has 1 amide bonds. The fourth-order valence-electron chi connectivity index (χ4n) is 1.63. The van der Waals surface area contributed by atoms with Gasteiger partial charge in [-0.2, -0.15) is 0 Å². The number of carbonyl (C=O) groups is 1. The van der Waals surface area contributed by atoms with E-state index in [1.807, 2.05) is 18.2 Å². The van der Waals surface area contributed by atoms with Gasteiger partial charge in [0, 0.05) is 12.1 Å². The molecular formula is C10H12ClN3O. The quantitative estimate of drug-likeness (QED) is 0.688. The summed E-state index contributed by atoms with van der Waals surface area (Å²) in [6.45, 7) is 0.667. The van der Waals surface area contributed by atoms with Crippen LogP contribution in [0.25, 0.3) is 0 Å². The molecule has 0 aliphatic carbocycles. The van der Waals surface area contributed by atoms with Crippen LogP contribution in [-0.4, -0.2) is 11.7 Å². The van der Waals surface area contributed by atoms with Crippen molar-refractivity contribution in [2.75, 3.05) is 0 Å². The number of nitrogens with one attached hydrogen (secondary N) is 2. The smallest absolute Gasteiger partial charge is 0.221 e. The van der Waals surface area contributed by atoms with Gasteiger partial charge < -0.3 is 11.1 Å². The van der Waals surface area contributed by atoms with Crippen molar-refractivity contribution < 1.29 is 4.79 Å². The normalized spacial score (nSPS) is 12.7. The molecule has 4 N–H and O–H groups in total. The van der Waals surface area contributed by atoms with E-state index in [2.05, 4.69) is 5.32 Å². The Kier molecular flexibility index (Phi) is 3.31. The molecule has 15 heavy (non-hydrogen) atoms. The van der Waals surface area contributed by atoms with Gasteiger partial charge in [-0.05, 0) is 11.1 Å². The Morgan fingerprint density at radius 1 is 1.53 bits per heavy atom. The van der Waals surface area contributed by atoms with Crippen LogP contribution < -0.4 is 11.1 Å². The topological polar surface area (TPSA) is 79.0 Å². The maximum atomic E-state index is 10.7. The van der Waals surface area contributed by atoms with Gasteiger partial charge >= 0.3 is 0 Å². The Bertz CT molecular complexity index is 417. The molecule has 1 aliphatic heterocycles. The third kappa shape index (κ3) is 2.27. The van der Waals surface area contributed by atoms with Crippen LogP contribution in [0.3, 0.4) is 0 Å². The molecule has 0 aromatic heterocycles. The van der Waals surface area contributed by atoms with Gasteiger partial charge in [-0.1, -0.05) is 18.2 Å². The minimum Gasteiger partial charge on any atom is -0.369 e. The van der Waals surface area contributed by atoms with Crippen molar-refractivity contribution in [3.8, 4) is 0 Å². The van der Waals surface area contributed by atoms with Crippen LogP contribution in [0.4, 0.5) is 0 Å². The van der Waals surface area contributed by atoms with Crippen molar-refractivity contribution in [3.63, 3.8) is 0 Å². The van der Waals surface area contributed by atoms with Crippen LogP contribution in [-0.2, 0) is 17.8 Å². The van der Waals surface area contributed by atoms with E-state index in [0.717, 1.165) is 16.7 Å². The minimum atomic E-state index is -0.328. The van der Waals surface area contributed by atoms with Crippen molar-refractivity contribution in [3.05, 3.63) is 34.9 Å². The molecule has 0 spiro atoms. The minimum absolute atomic E-state index is 0. The van der Waals surface area contributed by atoms with Crippen LogP contribution in [0.1, 0.15) is 16.7 Å². The van der Waals surface area contributed by atoms with Crippen LogP contribution >= 0.6 is 12.4 Å². The number of hydrogen-bond donors (Lipinski definition) is 3. The zero-order valence-electron chi connectivity index (χ0n) is 8.04. The van der Waals surface area contributed by atoms with Crippen molar-refractivity contribution in [2.45, 2.75) is 13.0 Å². The van der Waals surface area contributed by atoms with Crippen LogP contribution in [0, 0.1) is 5.41 Å². The van der Waals surface area contributed by atoms with Crippen molar-refractivity contribution in [2.24, 2.45) is 5.73 Å². The molecule has 0 bridgehead atoms. The van der Waals surface area contributed by atoms with Gasteiger partial charge in [-0.15, -0.1) is 12.4 Å². The number of halogens is 1. The molecule has 0 atom stereocenters. The number of hydrogen-bond acceptors (Lipinski definition) is 2. The second kappa shape index (κ2) is 4.31. The second-order valence-corrected chi connectivity index (χ2v) is 3.36. The summed E-state index contributed by atoms with van der Waals surface area (Å²) < 4.78 is 0. The Labute approximate surface area is 93.8 Å². The summed E-state index contributed by atoms with van der Waals surface area (Å²) in [4.78, 5) is 10.7. The lowest BCUT2D eigenvalue weighted by molar-refractivity contribution is -0.117. The predicted molar refractivity (Wildman–Crippen MR) is 60.3 cm³/mol. The highest BCUT2D eigenvalue weighted by atomic mass is 35.5. The molecule has 1 aromatic carbocycles. The van der Waals surface area contributed by atoms with E-state index < -0.39 is 0 Å². The van der Waals surface area contributed by atoms with Gasteiger partial charge in [-0.25, -0.2) is 0 Å². The number of primary amides is 1. The molecule has 80 valence electrons. The molecule has 2 rings (SSSR count). The number of rotatable bonds is 2. The molecule has 0 radical (unpaired) electrons. The van der Waals surface area contributed by atoms with E-state index in [1.54, 1.807) is 0 Å². The Hall–Kier alpha value is -1.55. The molecule has 1 aliphatic rings. The van der Waals surface area contributed by atoms with Gasteiger partial charge in [0.15, 0.2) is 0 Å². The number of benzene rings is 1. The van der Waals surface area contributed by atoms with Crippen LogP contribution in [0.15, 0.2) is 18.2 Å². The molecular weight excluding hydrogens is 214 g/mol. The van der Waals surface area contributed by atoms with Crippen molar-refractivity contribution in [1.29, 1.82) is 5.41 Å². The third-order valence-electron chi connectivity index (χ3n) is 2.27. The molecule has 0 fully saturated rings. The first kappa shape index (κ1) is 11.5. The Morgan fingerprint density at radius 2 is 2.27 bits per heavy atom. The Balaban J connectivity index is 0.00000112. The van der Waals surface area contributed by atoms with Gasteiger partial charge in [0.1, 0.15) is 5.84 Å². The molecule has 1 heterocycles. The average Bonchev–Trinajstić information content (AvgIpc) is 2.46. The number of carbonyl (C=O) groups excluding carboxylic acids is 1. The molecule has 0 saturated heterocycles. The largest absolute Gasteiger partial charge is 0.369 e. The number of amidine groups is 1. The number of amides is 1. The number of nitrogens with two attached hydrogens (primary N) is 1. The van der Waals surface area contributed by atoms with Crippen molar-refractivity contribution >= 4 is 24.1 Å². The zero-order valence-corrected chi connectivity index (χ0v) is 8.86. The first-order valence-electron chi connectivity index (χ1n) is 4.40. The van der Waals surface area contributed by atoms with Gasteiger partial charge in [0.25, 0.3) is 0 Å². The fourth-order valence-corrected chi connectivity index (χ4v) is 1.63. The third-order valence-corrected chi connectivity index (χ3v) is 2.27. The van der Waals surface area contributed by atoms with Gasteiger partial charge in [0.2, 0.25) is 5.91 Å². The molecule has 4 nitrogen and oxygen atoms in total. The maximum Gasteiger partial charge on any atom is 0.221 e. The van der Waals surface area contributed by atoms with Crippen LogP contribution in [0.2, 0.25) is 0 Å². The van der Waals surface area contributed by atoms with E-state index in [4.69, 9.17) is 11.1 Å². The second-order valence-electron chi connectivity index (χ2n) is 3.36. The Morgan fingerprint density at radius 3 is 2.93 bits per heavy atom. The van der Waals surface area contributed by atoms with Crippen molar-refractivity contribution in [1.82, 2.24) is 5.32 Å². The molecule has 5 heteroatoms. The van der Waals surface area contributed by atoms with Crippen LogP contribution in [0.5, 0.6) is 0 Å². The summed E-state index contributed by atoms with van der Waals surface area (Å²) in [5.41, 5.74) is 7.99. The van der Waals surface area contributed by atoms with Gasteiger partial charge in [0.05, 0.1) is 6.42 Å². The highest BCUT2D eigenvalue weighted by Gasteiger charge is 2.15. The summed E-state index contributed by atoms with van der Waals surface area (Å²) in [5.74, 6) is 0.122. The highest BCUT2D eigenvalue weighted by Crippen LogP contribution is 2.17. The molecule has 1 aromatic rings. The maximum absolute atomic E-state index is 10.7. The molecule has 0 saturated carbocycles. The summed E-state index contributed by atoms with van der Waals surface area (Å²) in [7, 11) is 0. The lowest BCUT2D eigenvalue weighted by Gasteiger charge is -2.01. The lowest BCUT2D eigenvalue weighted by Crippen LogP contribution is -2.13. The monoisotopic (exact) mass is 225 g/mol. The highest BCUT2D eigenvalue weighted by molar-refractivity contribution is 6.00. The summed E-state index contributed by atoms with van der Waals surface area (Å²) >= 11 is 0. The van der Waals surface area contributed by atoms with E-state index in [-0.39, 0.29) is 24.7 Å². The lowest BCUT2D eigenvalue weighted by atomic mass is 10.0.